The predicted molar refractivity (Wildman–Crippen MR) is 47.3 cm³/mol. The number of alkyl halides is 2. The van der Waals surface area contributed by atoms with E-state index in [1.807, 2.05) is 0 Å². The molecule has 0 aliphatic rings. The Bertz CT molecular complexity index is 345. The van der Waals surface area contributed by atoms with Crippen LogP contribution in [0.4, 0.5) is 8.78 Å². The molecule has 0 aliphatic carbocycles. The summed E-state index contributed by atoms with van der Waals surface area (Å²) in [4.78, 5) is 14.3. The Kier molecular flexibility index (Phi) is 3.33. The van der Waals surface area contributed by atoms with Crippen LogP contribution < -0.4 is 0 Å². The third-order valence-electron chi connectivity index (χ3n) is 1.24. The van der Waals surface area contributed by atoms with Crippen molar-refractivity contribution in [1.29, 1.82) is 0 Å². The third-order valence-corrected chi connectivity index (χ3v) is 1.96. The number of hydrogen-bond acceptors (Lipinski definition) is 2. The minimum absolute atomic E-state index is 0.0836. The van der Waals surface area contributed by atoms with Crippen LogP contribution in [0.15, 0.2) is 16.7 Å². The molecule has 0 radical (unpaired) electrons. The number of hydrogen-bond donors (Lipinski definition) is 0. The number of carbonyl (C=O) groups is 1. The lowest BCUT2D eigenvalue weighted by molar-refractivity contribution is 0.0673. The van der Waals surface area contributed by atoms with E-state index in [2.05, 4.69) is 20.9 Å². The Balaban J connectivity index is 3.09. The van der Waals surface area contributed by atoms with Gasteiger partial charge >= 0.3 is 6.43 Å². The number of rotatable bonds is 2. The minimum Gasteiger partial charge on any atom is -0.286 e. The first kappa shape index (κ1) is 10.5. The molecule has 1 aromatic rings. The smallest absolute Gasteiger partial charge is 0.286 e. The highest BCUT2D eigenvalue weighted by molar-refractivity contribution is 9.10. The largest absolute Gasteiger partial charge is 0.302 e. The molecular formula is C7H3BrClF2NO. The zero-order valence-electron chi connectivity index (χ0n) is 6.10. The number of halogens is 4. The number of Topliss-reactive ketones (excluding diaryl/α,β-unsaturated/α-hetero) is 1. The van der Waals surface area contributed by atoms with Gasteiger partial charge in [-0.25, -0.2) is 8.78 Å². The van der Waals surface area contributed by atoms with Crippen LogP contribution in [0.1, 0.15) is 10.5 Å². The Labute approximate surface area is 86.0 Å². The average Bonchev–Trinajstić information content (AvgIpc) is 2.03. The summed E-state index contributed by atoms with van der Waals surface area (Å²) in [5.74, 6) is -1.36. The van der Waals surface area contributed by atoms with Crippen LogP contribution in [0.2, 0.25) is 5.02 Å². The molecule has 70 valence electrons. The molecule has 0 aromatic carbocycles. The SMILES string of the molecule is O=C(c1ncc(Br)cc1Cl)C(F)F. The first-order chi connectivity index (χ1) is 6.02. The van der Waals surface area contributed by atoms with Crippen LogP contribution in [-0.4, -0.2) is 17.2 Å². The second kappa shape index (κ2) is 4.11. The molecule has 1 rings (SSSR count). The molecular weight excluding hydrogens is 267 g/mol. The van der Waals surface area contributed by atoms with Gasteiger partial charge in [0, 0.05) is 10.7 Å². The van der Waals surface area contributed by atoms with Crippen molar-refractivity contribution in [2.75, 3.05) is 0 Å². The second-order valence-corrected chi connectivity index (χ2v) is 3.47. The molecule has 0 amide bonds. The van der Waals surface area contributed by atoms with E-state index in [-0.39, 0.29) is 5.02 Å². The van der Waals surface area contributed by atoms with Crippen molar-refractivity contribution in [3.05, 3.63) is 27.5 Å². The zero-order chi connectivity index (χ0) is 10.0. The summed E-state index contributed by atoms with van der Waals surface area (Å²) in [5, 5.41) is -0.0836. The highest BCUT2D eigenvalue weighted by atomic mass is 79.9. The molecule has 0 aliphatic heterocycles. The molecule has 0 bridgehead atoms. The van der Waals surface area contributed by atoms with Gasteiger partial charge in [-0.1, -0.05) is 11.6 Å². The van der Waals surface area contributed by atoms with Crippen molar-refractivity contribution >= 4 is 33.3 Å². The fourth-order valence-corrected chi connectivity index (χ4v) is 1.42. The number of pyridine rings is 1. The second-order valence-electron chi connectivity index (χ2n) is 2.15. The maximum atomic E-state index is 11.9. The third kappa shape index (κ3) is 2.45. The number of nitrogens with zero attached hydrogens (tertiary/aromatic N) is 1. The fourth-order valence-electron chi connectivity index (χ4n) is 0.699. The van der Waals surface area contributed by atoms with E-state index < -0.39 is 17.9 Å². The van der Waals surface area contributed by atoms with Gasteiger partial charge in [-0.15, -0.1) is 0 Å². The van der Waals surface area contributed by atoms with Crippen LogP contribution in [0, 0.1) is 0 Å². The molecule has 0 N–H and O–H groups in total. The lowest BCUT2D eigenvalue weighted by atomic mass is 10.2. The summed E-state index contributed by atoms with van der Waals surface area (Å²) in [7, 11) is 0. The van der Waals surface area contributed by atoms with Crippen molar-refractivity contribution in [1.82, 2.24) is 4.98 Å². The number of carbonyl (C=O) groups excluding carboxylic acids is 1. The van der Waals surface area contributed by atoms with Crippen molar-refractivity contribution < 1.29 is 13.6 Å². The van der Waals surface area contributed by atoms with E-state index in [1.165, 1.54) is 12.3 Å². The Morgan fingerprint density at radius 3 is 2.69 bits per heavy atom. The summed E-state index contributed by atoms with van der Waals surface area (Å²) >= 11 is 8.56. The van der Waals surface area contributed by atoms with Gasteiger partial charge in [0.05, 0.1) is 5.02 Å². The number of aromatic nitrogens is 1. The molecule has 0 saturated carbocycles. The maximum absolute atomic E-state index is 11.9. The Morgan fingerprint density at radius 2 is 2.23 bits per heavy atom. The standard InChI is InChI=1S/C7H3BrClF2NO/c8-3-1-4(9)5(12-2-3)6(13)7(10)11/h1-2,7H. The highest BCUT2D eigenvalue weighted by Crippen LogP contribution is 2.20. The minimum atomic E-state index is -3.08. The lowest BCUT2D eigenvalue weighted by Crippen LogP contribution is -2.12. The van der Waals surface area contributed by atoms with E-state index >= 15 is 0 Å². The maximum Gasteiger partial charge on any atom is 0.302 e. The van der Waals surface area contributed by atoms with Gasteiger partial charge in [-0.2, -0.15) is 0 Å². The fraction of sp³-hybridized carbons (Fsp3) is 0.143. The zero-order valence-corrected chi connectivity index (χ0v) is 8.44. The van der Waals surface area contributed by atoms with Gasteiger partial charge in [0.1, 0.15) is 5.69 Å². The number of ketones is 1. The van der Waals surface area contributed by atoms with Gasteiger partial charge in [0.25, 0.3) is 0 Å². The van der Waals surface area contributed by atoms with Crippen LogP contribution in [0.5, 0.6) is 0 Å². The molecule has 6 heteroatoms. The van der Waals surface area contributed by atoms with Crippen LogP contribution >= 0.6 is 27.5 Å². The normalized spacial score (nSPS) is 10.5. The summed E-state index contributed by atoms with van der Waals surface area (Å²) in [6.07, 6.45) is -1.84. The van der Waals surface area contributed by atoms with E-state index in [9.17, 15) is 13.6 Å². The summed E-state index contributed by atoms with van der Waals surface area (Å²) in [5.41, 5.74) is -0.403. The van der Waals surface area contributed by atoms with Gasteiger partial charge in [0.2, 0.25) is 5.78 Å². The van der Waals surface area contributed by atoms with Crippen molar-refractivity contribution in [3.63, 3.8) is 0 Å². The molecule has 13 heavy (non-hydrogen) atoms. The van der Waals surface area contributed by atoms with E-state index in [0.29, 0.717) is 4.47 Å². The first-order valence-corrected chi connectivity index (χ1v) is 4.33. The lowest BCUT2D eigenvalue weighted by Gasteiger charge is -2.00. The summed E-state index contributed by atoms with van der Waals surface area (Å²) in [6.45, 7) is 0. The average molecular weight is 270 g/mol. The predicted octanol–water partition coefficient (Wildman–Crippen LogP) is 2.95. The molecule has 0 fully saturated rings. The van der Waals surface area contributed by atoms with Crippen molar-refractivity contribution in [3.8, 4) is 0 Å². The molecule has 1 heterocycles. The van der Waals surface area contributed by atoms with Gasteiger partial charge in [0.15, 0.2) is 0 Å². The van der Waals surface area contributed by atoms with Gasteiger partial charge in [-0.05, 0) is 22.0 Å². The Morgan fingerprint density at radius 1 is 1.62 bits per heavy atom. The molecule has 0 spiro atoms. The molecule has 0 saturated heterocycles. The topological polar surface area (TPSA) is 30.0 Å². The molecule has 2 nitrogen and oxygen atoms in total. The van der Waals surface area contributed by atoms with E-state index in [0.717, 1.165) is 0 Å². The highest BCUT2D eigenvalue weighted by Gasteiger charge is 2.21. The summed E-state index contributed by atoms with van der Waals surface area (Å²) in [6, 6.07) is 1.34. The molecule has 0 atom stereocenters. The van der Waals surface area contributed by atoms with Crippen molar-refractivity contribution in [2.24, 2.45) is 0 Å². The van der Waals surface area contributed by atoms with Crippen molar-refractivity contribution in [2.45, 2.75) is 6.43 Å². The molecule has 1 aromatic heterocycles. The first-order valence-electron chi connectivity index (χ1n) is 3.16. The van der Waals surface area contributed by atoms with Crippen LogP contribution in [-0.2, 0) is 0 Å². The van der Waals surface area contributed by atoms with E-state index in [1.54, 1.807) is 0 Å². The van der Waals surface area contributed by atoms with Crippen LogP contribution in [0.25, 0.3) is 0 Å². The Hall–Kier alpha value is -0.550. The summed E-state index contributed by atoms with van der Waals surface area (Å²) < 4.78 is 24.4. The quantitative estimate of drug-likeness (QED) is 0.773. The van der Waals surface area contributed by atoms with Gasteiger partial charge < -0.3 is 0 Å². The monoisotopic (exact) mass is 269 g/mol. The van der Waals surface area contributed by atoms with Crippen LogP contribution in [0.3, 0.4) is 0 Å². The van der Waals surface area contributed by atoms with Gasteiger partial charge in [-0.3, -0.25) is 9.78 Å². The molecule has 0 unspecified atom stereocenters. The van der Waals surface area contributed by atoms with E-state index in [4.69, 9.17) is 11.6 Å².